The Bertz CT molecular complexity index is 1010. The zero-order valence-electron chi connectivity index (χ0n) is 17.1. The number of hydrogen-bond donors (Lipinski definition) is 0. The maximum Gasteiger partial charge on any atom is 0.254 e. The smallest absolute Gasteiger partial charge is 0.254 e. The number of fused-ring (bicyclic) bond motifs is 1. The molecule has 0 spiro atoms. The number of benzene rings is 2. The number of aromatic nitrogens is 1. The summed E-state index contributed by atoms with van der Waals surface area (Å²) in [6, 6.07) is 11.6. The normalized spacial score (nSPS) is 14.8. The highest BCUT2D eigenvalue weighted by molar-refractivity contribution is 7.18. The molecule has 6 nitrogen and oxygen atoms in total. The van der Waals surface area contributed by atoms with E-state index in [-0.39, 0.29) is 5.91 Å². The minimum absolute atomic E-state index is 0.0436. The Labute approximate surface area is 185 Å². The molecule has 0 aliphatic carbocycles. The molecule has 1 saturated heterocycles. The molecule has 1 aliphatic rings. The van der Waals surface area contributed by atoms with Crippen molar-refractivity contribution in [3.8, 4) is 11.5 Å². The lowest BCUT2D eigenvalue weighted by molar-refractivity contribution is 0.0628. The second-order valence-corrected chi connectivity index (χ2v) is 8.59. The van der Waals surface area contributed by atoms with Gasteiger partial charge in [0.25, 0.3) is 5.91 Å². The number of hydrogen-bond acceptors (Lipinski definition) is 6. The fourth-order valence-electron chi connectivity index (χ4n) is 3.60. The molecule has 1 amide bonds. The lowest BCUT2D eigenvalue weighted by Crippen LogP contribution is -2.48. The predicted octanol–water partition coefficient (Wildman–Crippen LogP) is 4.32. The molecule has 1 aliphatic heterocycles. The summed E-state index contributed by atoms with van der Waals surface area (Å²) >= 11 is 8.06. The molecule has 0 atom stereocenters. The van der Waals surface area contributed by atoms with Gasteiger partial charge in [0.05, 0.1) is 35.5 Å². The third kappa shape index (κ3) is 4.38. The molecule has 0 saturated carbocycles. The van der Waals surface area contributed by atoms with E-state index in [0.717, 1.165) is 30.2 Å². The lowest BCUT2D eigenvalue weighted by atomic mass is 10.1. The first-order valence-corrected chi connectivity index (χ1v) is 11.1. The Morgan fingerprint density at radius 1 is 1.20 bits per heavy atom. The summed E-state index contributed by atoms with van der Waals surface area (Å²) in [5.41, 5.74) is 1.56. The average Bonchev–Trinajstić information content (AvgIpc) is 3.17. The van der Waals surface area contributed by atoms with E-state index in [1.807, 2.05) is 30.0 Å². The summed E-state index contributed by atoms with van der Waals surface area (Å²) in [5, 5.41) is 1.49. The topological polar surface area (TPSA) is 54.9 Å². The van der Waals surface area contributed by atoms with Gasteiger partial charge in [-0.1, -0.05) is 23.7 Å². The Morgan fingerprint density at radius 3 is 2.67 bits per heavy atom. The number of ether oxygens (including phenoxy) is 2. The van der Waals surface area contributed by atoms with Gasteiger partial charge in [0.2, 0.25) is 0 Å². The molecular weight excluding hydrogens is 422 g/mol. The van der Waals surface area contributed by atoms with Crippen molar-refractivity contribution >= 4 is 39.1 Å². The second kappa shape index (κ2) is 9.20. The summed E-state index contributed by atoms with van der Waals surface area (Å²) in [7, 11) is 1.54. The first kappa shape index (κ1) is 20.9. The number of carbonyl (C=O) groups excluding carboxylic acids is 1. The van der Waals surface area contributed by atoms with Crippen molar-refractivity contribution in [3.05, 3.63) is 52.0 Å². The van der Waals surface area contributed by atoms with Gasteiger partial charge in [-0.25, -0.2) is 4.98 Å². The number of thiazole rings is 1. The van der Waals surface area contributed by atoms with Crippen LogP contribution in [0.4, 0.5) is 0 Å². The predicted molar refractivity (Wildman–Crippen MR) is 120 cm³/mol. The van der Waals surface area contributed by atoms with E-state index in [2.05, 4.69) is 11.0 Å². The number of amides is 1. The molecule has 1 fully saturated rings. The van der Waals surface area contributed by atoms with Gasteiger partial charge in [-0.15, -0.1) is 11.3 Å². The molecule has 2 heterocycles. The van der Waals surface area contributed by atoms with Crippen molar-refractivity contribution in [1.29, 1.82) is 0 Å². The Balaban J connectivity index is 1.40. The van der Waals surface area contributed by atoms with Gasteiger partial charge in [-0.05, 0) is 31.2 Å². The van der Waals surface area contributed by atoms with E-state index in [1.54, 1.807) is 30.6 Å². The van der Waals surface area contributed by atoms with Gasteiger partial charge >= 0.3 is 0 Å². The molecule has 1 aromatic heterocycles. The van der Waals surface area contributed by atoms with Crippen LogP contribution < -0.4 is 9.47 Å². The zero-order valence-corrected chi connectivity index (χ0v) is 18.6. The van der Waals surface area contributed by atoms with E-state index in [4.69, 9.17) is 26.1 Å². The Morgan fingerprint density at radius 2 is 1.97 bits per heavy atom. The maximum absolute atomic E-state index is 13.0. The van der Waals surface area contributed by atoms with Crippen LogP contribution in [0.3, 0.4) is 0 Å². The quantitative estimate of drug-likeness (QED) is 0.565. The minimum Gasteiger partial charge on any atom is -0.493 e. The first-order chi connectivity index (χ1) is 14.6. The van der Waals surface area contributed by atoms with Gasteiger partial charge in [-0.2, -0.15) is 0 Å². The molecule has 0 radical (unpaired) electrons. The Hall–Kier alpha value is -2.35. The fourth-order valence-corrected chi connectivity index (χ4v) is 4.87. The molecule has 0 bridgehead atoms. The second-order valence-electron chi connectivity index (χ2n) is 7.07. The highest BCUT2D eigenvalue weighted by Gasteiger charge is 2.24. The molecule has 2 aromatic carbocycles. The summed E-state index contributed by atoms with van der Waals surface area (Å²) in [6.45, 7) is 6.10. The van der Waals surface area contributed by atoms with Crippen molar-refractivity contribution < 1.29 is 14.3 Å². The standard InChI is InChI=1S/C22H24ClN3O3S/c1-3-29-21-16(23)12-15(13-18(21)28-2)22(27)26-10-8-25(9-11-26)14-20-24-17-6-4-5-7-19(17)30-20/h4-7,12-13H,3,8-11,14H2,1-2H3. The van der Waals surface area contributed by atoms with E-state index in [1.165, 1.54) is 4.70 Å². The van der Waals surface area contributed by atoms with Gasteiger partial charge in [0.1, 0.15) is 5.01 Å². The third-order valence-corrected chi connectivity index (χ3v) is 6.42. The number of rotatable bonds is 6. The monoisotopic (exact) mass is 445 g/mol. The highest BCUT2D eigenvalue weighted by Crippen LogP contribution is 2.36. The van der Waals surface area contributed by atoms with Crippen molar-refractivity contribution in [2.24, 2.45) is 0 Å². The van der Waals surface area contributed by atoms with Crippen molar-refractivity contribution in [2.45, 2.75) is 13.5 Å². The van der Waals surface area contributed by atoms with Crippen LogP contribution in [-0.2, 0) is 6.54 Å². The van der Waals surface area contributed by atoms with Gasteiger partial charge in [0, 0.05) is 31.7 Å². The van der Waals surface area contributed by atoms with Crippen LogP contribution >= 0.6 is 22.9 Å². The SMILES string of the molecule is CCOc1c(Cl)cc(C(=O)N2CCN(Cc3nc4ccccc4s3)CC2)cc1OC. The lowest BCUT2D eigenvalue weighted by Gasteiger charge is -2.34. The van der Waals surface area contributed by atoms with Crippen LogP contribution in [0.15, 0.2) is 36.4 Å². The number of halogens is 1. The van der Waals surface area contributed by atoms with Crippen LogP contribution in [0.5, 0.6) is 11.5 Å². The van der Waals surface area contributed by atoms with Crippen LogP contribution in [0.1, 0.15) is 22.3 Å². The van der Waals surface area contributed by atoms with E-state index >= 15 is 0 Å². The van der Waals surface area contributed by atoms with E-state index in [9.17, 15) is 4.79 Å². The number of para-hydroxylation sites is 1. The number of piperazine rings is 1. The molecule has 3 aromatic rings. The molecule has 0 unspecified atom stereocenters. The van der Waals surface area contributed by atoms with Gasteiger partial charge in [-0.3, -0.25) is 9.69 Å². The van der Waals surface area contributed by atoms with Crippen molar-refractivity contribution in [1.82, 2.24) is 14.8 Å². The molecule has 8 heteroatoms. The highest BCUT2D eigenvalue weighted by atomic mass is 35.5. The molecule has 30 heavy (non-hydrogen) atoms. The molecule has 0 N–H and O–H groups in total. The van der Waals surface area contributed by atoms with E-state index in [0.29, 0.717) is 41.8 Å². The molecule has 158 valence electrons. The molecule has 4 rings (SSSR count). The summed E-state index contributed by atoms with van der Waals surface area (Å²) in [6.07, 6.45) is 0. The van der Waals surface area contributed by atoms with Gasteiger partial charge in [0.15, 0.2) is 11.5 Å². The number of nitrogens with zero attached hydrogens (tertiary/aromatic N) is 3. The summed E-state index contributed by atoms with van der Waals surface area (Å²) in [4.78, 5) is 21.9. The average molecular weight is 446 g/mol. The summed E-state index contributed by atoms with van der Waals surface area (Å²) in [5.74, 6) is 0.902. The largest absolute Gasteiger partial charge is 0.493 e. The zero-order chi connectivity index (χ0) is 21.1. The van der Waals surface area contributed by atoms with Gasteiger partial charge < -0.3 is 14.4 Å². The van der Waals surface area contributed by atoms with Crippen LogP contribution in [0.25, 0.3) is 10.2 Å². The Kier molecular flexibility index (Phi) is 6.41. The van der Waals surface area contributed by atoms with Crippen molar-refractivity contribution in [3.63, 3.8) is 0 Å². The van der Waals surface area contributed by atoms with Crippen LogP contribution in [0.2, 0.25) is 5.02 Å². The molecular formula is C22H24ClN3O3S. The maximum atomic E-state index is 13.0. The first-order valence-electron chi connectivity index (χ1n) is 9.95. The summed E-state index contributed by atoms with van der Waals surface area (Å²) < 4.78 is 12.1. The number of methoxy groups -OCH3 is 1. The number of carbonyl (C=O) groups is 1. The van der Waals surface area contributed by atoms with Crippen LogP contribution in [-0.4, -0.2) is 60.6 Å². The van der Waals surface area contributed by atoms with Crippen LogP contribution in [0, 0.1) is 0 Å². The fraction of sp³-hybridized carbons (Fsp3) is 0.364. The third-order valence-electron chi connectivity index (χ3n) is 5.12. The van der Waals surface area contributed by atoms with E-state index < -0.39 is 0 Å². The minimum atomic E-state index is -0.0436. The van der Waals surface area contributed by atoms with Crippen molar-refractivity contribution in [2.75, 3.05) is 39.9 Å².